The molecule has 0 aliphatic heterocycles. The zero-order valence-corrected chi connectivity index (χ0v) is 11.5. The van der Waals surface area contributed by atoms with Gasteiger partial charge in [0.15, 0.2) is 0 Å². The van der Waals surface area contributed by atoms with Gasteiger partial charge in [-0.15, -0.1) is 11.6 Å². The first-order valence-electron chi connectivity index (χ1n) is 7.18. The van der Waals surface area contributed by atoms with Crippen molar-refractivity contribution in [2.75, 3.05) is 6.61 Å². The Labute approximate surface area is 110 Å². The van der Waals surface area contributed by atoms with Crippen LogP contribution in [0.15, 0.2) is 0 Å². The lowest BCUT2D eigenvalue weighted by Crippen LogP contribution is -2.31. The Morgan fingerprint density at radius 3 is 1.88 bits per heavy atom. The maximum Gasteiger partial charge on any atom is 0.0619 e. The highest BCUT2D eigenvalue weighted by molar-refractivity contribution is 6.20. The molecule has 0 bridgehead atoms. The van der Waals surface area contributed by atoms with Crippen LogP contribution < -0.4 is 0 Å². The minimum atomic E-state index is -0.330. The van der Waals surface area contributed by atoms with Gasteiger partial charge in [-0.2, -0.15) is 0 Å². The topological polar surface area (TPSA) is 40.5 Å². The molecule has 102 valence electrons. The van der Waals surface area contributed by atoms with Crippen molar-refractivity contribution in [3.8, 4) is 0 Å². The molecule has 0 saturated heterocycles. The Balaban J connectivity index is 2.45. The standard InChI is InChI=1S/C14H27ClO2/c15-13(11-16)12-9-7-5-3-1-2-4-6-8-10-14(12)17/h12-14,16-17H,1-11H2/t12-,13-,14+/m1/s1. The Kier molecular flexibility index (Phi) is 8.25. The summed E-state index contributed by atoms with van der Waals surface area (Å²) in [6, 6.07) is 0. The van der Waals surface area contributed by atoms with Gasteiger partial charge in [-0.25, -0.2) is 0 Å². The molecule has 2 nitrogen and oxygen atoms in total. The Morgan fingerprint density at radius 2 is 1.35 bits per heavy atom. The van der Waals surface area contributed by atoms with Crippen LogP contribution in [0.1, 0.15) is 64.2 Å². The van der Waals surface area contributed by atoms with Crippen molar-refractivity contribution in [3.05, 3.63) is 0 Å². The molecule has 3 atom stereocenters. The van der Waals surface area contributed by atoms with E-state index < -0.39 is 0 Å². The molecule has 0 radical (unpaired) electrons. The molecule has 0 heterocycles. The van der Waals surface area contributed by atoms with Crippen molar-refractivity contribution in [1.29, 1.82) is 0 Å². The summed E-state index contributed by atoms with van der Waals surface area (Å²) in [4.78, 5) is 0. The van der Waals surface area contributed by atoms with E-state index in [1.54, 1.807) is 0 Å². The minimum Gasteiger partial charge on any atom is -0.395 e. The van der Waals surface area contributed by atoms with Gasteiger partial charge in [0, 0.05) is 5.92 Å². The first-order chi connectivity index (χ1) is 8.25. The molecule has 1 saturated carbocycles. The maximum atomic E-state index is 10.2. The smallest absolute Gasteiger partial charge is 0.0619 e. The molecule has 0 aromatic rings. The van der Waals surface area contributed by atoms with Gasteiger partial charge < -0.3 is 10.2 Å². The van der Waals surface area contributed by atoms with E-state index in [4.69, 9.17) is 16.7 Å². The van der Waals surface area contributed by atoms with E-state index in [0.717, 1.165) is 25.7 Å². The zero-order chi connectivity index (χ0) is 12.5. The van der Waals surface area contributed by atoms with Crippen molar-refractivity contribution in [2.45, 2.75) is 75.7 Å². The number of alkyl halides is 1. The van der Waals surface area contributed by atoms with E-state index >= 15 is 0 Å². The van der Waals surface area contributed by atoms with Gasteiger partial charge in [-0.3, -0.25) is 0 Å². The molecule has 1 rings (SSSR count). The lowest BCUT2D eigenvalue weighted by Gasteiger charge is -2.26. The van der Waals surface area contributed by atoms with E-state index in [2.05, 4.69) is 0 Å². The van der Waals surface area contributed by atoms with Crippen LogP contribution in [0.3, 0.4) is 0 Å². The summed E-state index contributed by atoms with van der Waals surface area (Å²) in [7, 11) is 0. The van der Waals surface area contributed by atoms with Crippen LogP contribution in [0.2, 0.25) is 0 Å². The van der Waals surface area contributed by atoms with Gasteiger partial charge in [0.1, 0.15) is 0 Å². The average Bonchev–Trinajstić information content (AvgIpc) is 2.33. The van der Waals surface area contributed by atoms with Gasteiger partial charge in [-0.1, -0.05) is 51.4 Å². The van der Waals surface area contributed by atoms with Crippen molar-refractivity contribution < 1.29 is 10.2 Å². The molecule has 0 spiro atoms. The van der Waals surface area contributed by atoms with E-state index in [1.807, 2.05) is 0 Å². The number of aliphatic hydroxyl groups excluding tert-OH is 2. The number of aliphatic hydroxyl groups is 2. The molecule has 2 N–H and O–H groups in total. The summed E-state index contributed by atoms with van der Waals surface area (Å²) >= 11 is 6.12. The SMILES string of the molecule is OC[C@@H](Cl)[C@H]1CCCCCCCCCC[C@@H]1O. The van der Waals surface area contributed by atoms with E-state index in [0.29, 0.717) is 0 Å². The lowest BCUT2D eigenvalue weighted by atomic mass is 9.88. The van der Waals surface area contributed by atoms with Gasteiger partial charge >= 0.3 is 0 Å². The average molecular weight is 263 g/mol. The van der Waals surface area contributed by atoms with Gasteiger partial charge in [-0.05, 0) is 12.8 Å². The second-order valence-corrected chi connectivity index (χ2v) is 5.90. The van der Waals surface area contributed by atoms with Crippen LogP contribution in [-0.2, 0) is 0 Å². The normalized spacial score (nSPS) is 31.2. The summed E-state index contributed by atoms with van der Waals surface area (Å²) in [6.07, 6.45) is 11.4. The third-order valence-corrected chi connectivity index (χ3v) is 4.38. The predicted molar refractivity (Wildman–Crippen MR) is 72.4 cm³/mol. The third kappa shape index (κ3) is 6.08. The van der Waals surface area contributed by atoms with E-state index in [9.17, 15) is 5.11 Å². The second kappa shape index (κ2) is 9.18. The monoisotopic (exact) mass is 262 g/mol. The van der Waals surface area contributed by atoms with Gasteiger partial charge in [0.25, 0.3) is 0 Å². The quantitative estimate of drug-likeness (QED) is 0.748. The molecule has 0 unspecified atom stereocenters. The number of halogens is 1. The van der Waals surface area contributed by atoms with Crippen LogP contribution in [0.4, 0.5) is 0 Å². The summed E-state index contributed by atoms with van der Waals surface area (Å²) in [5, 5.41) is 19.0. The van der Waals surface area contributed by atoms with Crippen LogP contribution >= 0.6 is 11.6 Å². The van der Waals surface area contributed by atoms with E-state index in [1.165, 1.54) is 38.5 Å². The van der Waals surface area contributed by atoms with Gasteiger partial charge in [0.2, 0.25) is 0 Å². The van der Waals surface area contributed by atoms with Crippen molar-refractivity contribution in [1.82, 2.24) is 0 Å². The molecule has 1 aliphatic carbocycles. The zero-order valence-electron chi connectivity index (χ0n) is 10.8. The molecule has 0 aromatic heterocycles. The predicted octanol–water partition coefficient (Wildman–Crippen LogP) is 3.48. The largest absolute Gasteiger partial charge is 0.395 e. The van der Waals surface area contributed by atoms with Crippen LogP contribution in [-0.4, -0.2) is 28.3 Å². The van der Waals surface area contributed by atoms with Crippen molar-refractivity contribution in [3.63, 3.8) is 0 Å². The van der Waals surface area contributed by atoms with Gasteiger partial charge in [0.05, 0.1) is 18.1 Å². The third-order valence-electron chi connectivity index (χ3n) is 3.92. The highest BCUT2D eigenvalue weighted by Crippen LogP contribution is 2.26. The lowest BCUT2D eigenvalue weighted by molar-refractivity contribution is 0.0753. The second-order valence-electron chi connectivity index (χ2n) is 5.34. The van der Waals surface area contributed by atoms with Crippen LogP contribution in [0.25, 0.3) is 0 Å². The fourth-order valence-corrected chi connectivity index (χ4v) is 3.05. The Bertz CT molecular complexity index is 187. The molecule has 0 aromatic carbocycles. The summed E-state index contributed by atoms with van der Waals surface area (Å²) in [5.74, 6) is 0.0705. The van der Waals surface area contributed by atoms with Crippen molar-refractivity contribution in [2.24, 2.45) is 5.92 Å². The summed E-state index contributed by atoms with van der Waals surface area (Å²) in [6.45, 7) is -0.0245. The Morgan fingerprint density at radius 1 is 0.882 bits per heavy atom. The van der Waals surface area contributed by atoms with Crippen LogP contribution in [0, 0.1) is 5.92 Å². The summed E-state index contributed by atoms with van der Waals surface area (Å²) < 4.78 is 0. The first-order valence-corrected chi connectivity index (χ1v) is 7.62. The van der Waals surface area contributed by atoms with E-state index in [-0.39, 0.29) is 24.0 Å². The molecular formula is C14H27ClO2. The highest BCUT2D eigenvalue weighted by atomic mass is 35.5. The minimum absolute atomic E-state index is 0.0245. The maximum absolute atomic E-state index is 10.2. The summed E-state index contributed by atoms with van der Waals surface area (Å²) in [5.41, 5.74) is 0. The fraction of sp³-hybridized carbons (Fsp3) is 1.00. The molecule has 17 heavy (non-hydrogen) atoms. The molecule has 1 fully saturated rings. The van der Waals surface area contributed by atoms with Crippen LogP contribution in [0.5, 0.6) is 0 Å². The number of rotatable bonds is 2. The molecule has 0 amide bonds. The molecule has 3 heteroatoms. The number of hydrogen-bond donors (Lipinski definition) is 2. The first kappa shape index (κ1) is 15.3. The molecular weight excluding hydrogens is 236 g/mol. The Hall–Kier alpha value is 0.210. The van der Waals surface area contributed by atoms with Crippen molar-refractivity contribution >= 4 is 11.6 Å². The highest BCUT2D eigenvalue weighted by Gasteiger charge is 2.25. The molecule has 1 aliphatic rings. The number of hydrogen-bond acceptors (Lipinski definition) is 2. The fourth-order valence-electron chi connectivity index (χ4n) is 2.76.